The molecule has 2 rings (SSSR count). The van der Waals surface area contributed by atoms with Gasteiger partial charge in [-0.3, -0.25) is 9.78 Å². The molecular formula is C13H10Cl2N4O2. The summed E-state index contributed by atoms with van der Waals surface area (Å²) in [5, 5.41) is 13.4. The van der Waals surface area contributed by atoms with E-state index in [0.717, 1.165) is 10.9 Å². The summed E-state index contributed by atoms with van der Waals surface area (Å²) in [7, 11) is 0. The van der Waals surface area contributed by atoms with Gasteiger partial charge < -0.3 is 0 Å². The Hall–Kier alpha value is -2.10. The summed E-state index contributed by atoms with van der Waals surface area (Å²) in [6, 6.07) is 5.05. The summed E-state index contributed by atoms with van der Waals surface area (Å²) >= 11 is 12.4. The summed E-state index contributed by atoms with van der Waals surface area (Å²) in [5.41, 5.74) is -1.42. The molecule has 6 nitrogen and oxygen atoms in total. The van der Waals surface area contributed by atoms with Crippen LogP contribution in [0.5, 0.6) is 0 Å². The zero-order chi connectivity index (χ0) is 15.8. The standard InChI is InChI=1S/C13H10Cl2N4O2/c1-13(2,6-16)11-8(14)3-7(4-9(11)15)19-12(21)18-10(20)5-17-19/h3-5H,1-2H3,(H,18,20,21). The molecule has 1 heterocycles. The third-order valence-electron chi connectivity index (χ3n) is 2.89. The number of halogens is 2. The number of nitrogens with one attached hydrogen (secondary N) is 1. The molecule has 0 unspecified atom stereocenters. The van der Waals surface area contributed by atoms with E-state index in [1.807, 2.05) is 0 Å². The molecule has 0 spiro atoms. The first kappa shape index (κ1) is 15.3. The number of H-pyrrole nitrogens is 1. The van der Waals surface area contributed by atoms with Gasteiger partial charge in [-0.1, -0.05) is 23.2 Å². The van der Waals surface area contributed by atoms with E-state index in [0.29, 0.717) is 11.3 Å². The lowest BCUT2D eigenvalue weighted by atomic mass is 9.86. The number of rotatable bonds is 2. The zero-order valence-electron chi connectivity index (χ0n) is 11.1. The molecule has 0 bridgehead atoms. The minimum absolute atomic E-state index is 0.240. The van der Waals surface area contributed by atoms with Crippen LogP contribution in [0.4, 0.5) is 0 Å². The Morgan fingerprint density at radius 1 is 1.29 bits per heavy atom. The maximum absolute atomic E-state index is 11.7. The van der Waals surface area contributed by atoms with Crippen LogP contribution in [0.1, 0.15) is 19.4 Å². The summed E-state index contributed by atoms with van der Waals surface area (Å²) in [5.74, 6) is 0. The van der Waals surface area contributed by atoms with Crippen LogP contribution in [0, 0.1) is 11.3 Å². The van der Waals surface area contributed by atoms with Gasteiger partial charge in [0.2, 0.25) is 0 Å². The number of aromatic amines is 1. The Morgan fingerprint density at radius 3 is 2.33 bits per heavy atom. The fraction of sp³-hybridized carbons (Fsp3) is 0.231. The van der Waals surface area contributed by atoms with Crippen molar-refractivity contribution in [2.24, 2.45) is 0 Å². The fourth-order valence-electron chi connectivity index (χ4n) is 1.87. The van der Waals surface area contributed by atoms with E-state index in [1.54, 1.807) is 13.8 Å². The van der Waals surface area contributed by atoms with Crippen molar-refractivity contribution >= 4 is 23.2 Å². The van der Waals surface area contributed by atoms with Crippen molar-refractivity contribution in [3.05, 3.63) is 54.8 Å². The molecule has 0 fully saturated rings. The average molecular weight is 325 g/mol. The van der Waals surface area contributed by atoms with Crippen LogP contribution in [0.2, 0.25) is 10.0 Å². The minimum atomic E-state index is -0.879. The Morgan fingerprint density at radius 2 is 1.86 bits per heavy atom. The Balaban J connectivity index is 2.69. The van der Waals surface area contributed by atoms with Gasteiger partial charge >= 0.3 is 5.69 Å². The molecule has 0 saturated carbocycles. The highest BCUT2D eigenvalue weighted by molar-refractivity contribution is 6.36. The van der Waals surface area contributed by atoms with Gasteiger partial charge in [-0.15, -0.1) is 0 Å². The quantitative estimate of drug-likeness (QED) is 0.914. The van der Waals surface area contributed by atoms with Gasteiger partial charge in [0, 0.05) is 15.6 Å². The lowest BCUT2D eigenvalue weighted by Gasteiger charge is -2.20. The van der Waals surface area contributed by atoms with E-state index in [9.17, 15) is 14.9 Å². The largest absolute Gasteiger partial charge is 0.349 e. The summed E-state index contributed by atoms with van der Waals surface area (Å²) in [4.78, 5) is 24.8. The molecule has 2 aromatic rings. The molecule has 8 heteroatoms. The molecule has 21 heavy (non-hydrogen) atoms. The first-order chi connectivity index (χ1) is 9.76. The van der Waals surface area contributed by atoms with Gasteiger partial charge in [-0.05, 0) is 26.0 Å². The van der Waals surface area contributed by atoms with Gasteiger partial charge in [0.25, 0.3) is 5.56 Å². The third kappa shape index (κ3) is 2.84. The molecule has 1 aromatic carbocycles. The van der Waals surface area contributed by atoms with Gasteiger partial charge in [0.1, 0.15) is 6.20 Å². The highest BCUT2D eigenvalue weighted by Gasteiger charge is 2.26. The van der Waals surface area contributed by atoms with Gasteiger partial charge in [-0.2, -0.15) is 15.0 Å². The van der Waals surface area contributed by atoms with Crippen molar-refractivity contribution in [1.82, 2.24) is 14.8 Å². The molecule has 0 aliphatic carbocycles. The van der Waals surface area contributed by atoms with Crippen molar-refractivity contribution in [3.8, 4) is 11.8 Å². The second-order valence-electron chi connectivity index (χ2n) is 4.87. The topological polar surface area (TPSA) is 91.5 Å². The van der Waals surface area contributed by atoms with Crippen LogP contribution in [0.25, 0.3) is 5.69 Å². The number of nitriles is 1. The normalized spacial score (nSPS) is 11.2. The molecule has 0 atom stereocenters. The number of benzene rings is 1. The maximum atomic E-state index is 11.7. The molecule has 0 amide bonds. The maximum Gasteiger partial charge on any atom is 0.349 e. The SMILES string of the molecule is CC(C)(C#N)c1c(Cl)cc(-n2ncc(=O)[nH]c2=O)cc1Cl. The predicted octanol–water partition coefficient (Wildman–Crippen LogP) is 2.03. The molecule has 0 radical (unpaired) electrons. The average Bonchev–Trinajstić information content (AvgIpc) is 2.37. The number of hydrogen-bond donors (Lipinski definition) is 1. The second-order valence-corrected chi connectivity index (χ2v) is 5.69. The van der Waals surface area contributed by atoms with Crippen molar-refractivity contribution in [3.63, 3.8) is 0 Å². The predicted molar refractivity (Wildman–Crippen MR) is 79.1 cm³/mol. The van der Waals surface area contributed by atoms with E-state index >= 15 is 0 Å². The first-order valence-corrected chi connectivity index (χ1v) is 6.61. The summed E-state index contributed by atoms with van der Waals surface area (Å²) < 4.78 is 0.961. The van der Waals surface area contributed by atoms with Crippen LogP contribution < -0.4 is 11.2 Å². The molecule has 108 valence electrons. The van der Waals surface area contributed by atoms with E-state index in [2.05, 4.69) is 16.2 Å². The Labute approximate surface area is 129 Å². The van der Waals surface area contributed by atoms with Gasteiger partial charge in [-0.25, -0.2) is 4.79 Å². The van der Waals surface area contributed by atoms with Crippen molar-refractivity contribution < 1.29 is 0 Å². The molecular weight excluding hydrogens is 315 g/mol. The monoisotopic (exact) mass is 324 g/mol. The second kappa shape index (κ2) is 5.35. The summed E-state index contributed by atoms with van der Waals surface area (Å²) in [6.07, 6.45) is 0.969. The molecule has 0 aliphatic heterocycles. The Kier molecular flexibility index (Phi) is 3.90. The minimum Gasteiger partial charge on any atom is -0.271 e. The van der Waals surface area contributed by atoms with Crippen LogP contribution in [-0.2, 0) is 5.41 Å². The van der Waals surface area contributed by atoms with Crippen LogP contribution in [0.15, 0.2) is 27.9 Å². The van der Waals surface area contributed by atoms with E-state index < -0.39 is 16.7 Å². The third-order valence-corrected chi connectivity index (χ3v) is 3.49. The highest BCUT2D eigenvalue weighted by atomic mass is 35.5. The fourth-order valence-corrected chi connectivity index (χ4v) is 2.82. The molecule has 1 N–H and O–H groups in total. The molecule has 0 aliphatic rings. The van der Waals surface area contributed by atoms with Crippen LogP contribution in [-0.4, -0.2) is 14.8 Å². The van der Waals surface area contributed by atoms with Crippen molar-refractivity contribution in [2.75, 3.05) is 0 Å². The Bertz CT molecular complexity index is 838. The molecule has 1 aromatic heterocycles. The van der Waals surface area contributed by atoms with E-state index in [-0.39, 0.29) is 10.0 Å². The number of aromatic nitrogens is 3. The van der Waals surface area contributed by atoms with Crippen LogP contribution in [0.3, 0.4) is 0 Å². The first-order valence-electron chi connectivity index (χ1n) is 5.86. The van der Waals surface area contributed by atoms with E-state index in [1.165, 1.54) is 12.1 Å². The lowest BCUT2D eigenvalue weighted by molar-refractivity contribution is 0.685. The summed E-state index contributed by atoms with van der Waals surface area (Å²) in [6.45, 7) is 3.37. The van der Waals surface area contributed by atoms with Crippen molar-refractivity contribution in [2.45, 2.75) is 19.3 Å². The number of nitrogens with zero attached hydrogens (tertiary/aromatic N) is 3. The van der Waals surface area contributed by atoms with E-state index in [4.69, 9.17) is 23.2 Å². The lowest BCUT2D eigenvalue weighted by Crippen LogP contribution is -2.30. The van der Waals surface area contributed by atoms with Crippen molar-refractivity contribution in [1.29, 1.82) is 5.26 Å². The van der Waals surface area contributed by atoms with Crippen LogP contribution >= 0.6 is 23.2 Å². The zero-order valence-corrected chi connectivity index (χ0v) is 12.7. The van der Waals surface area contributed by atoms with Gasteiger partial charge in [0.05, 0.1) is 17.2 Å². The smallest absolute Gasteiger partial charge is 0.271 e. The number of hydrogen-bond acceptors (Lipinski definition) is 4. The highest BCUT2D eigenvalue weighted by Crippen LogP contribution is 2.36. The molecule has 0 saturated heterocycles. The van der Waals surface area contributed by atoms with Gasteiger partial charge in [0.15, 0.2) is 0 Å².